The van der Waals surface area contributed by atoms with Gasteiger partial charge < -0.3 is 10.2 Å². The van der Waals surface area contributed by atoms with Crippen molar-refractivity contribution < 1.29 is 10.2 Å². The topological polar surface area (TPSA) is 40.5 Å². The van der Waals surface area contributed by atoms with Crippen LogP contribution in [0.5, 0.6) is 11.5 Å². The SMILES string of the molecule is CC1=CC(c2c(O)cc(C)cc2O)CCC1.CCC. The third-order valence-electron chi connectivity index (χ3n) is 3.22. The van der Waals surface area contributed by atoms with Gasteiger partial charge in [-0.1, -0.05) is 31.9 Å². The Morgan fingerprint density at radius 3 is 2.11 bits per heavy atom. The summed E-state index contributed by atoms with van der Waals surface area (Å²) in [5.74, 6) is 0.594. The van der Waals surface area contributed by atoms with Gasteiger partial charge in [-0.15, -0.1) is 0 Å². The number of aromatic hydroxyl groups is 2. The minimum Gasteiger partial charge on any atom is -0.507 e. The van der Waals surface area contributed by atoms with Crippen molar-refractivity contribution in [1.29, 1.82) is 0 Å². The molecule has 0 heterocycles. The highest BCUT2D eigenvalue weighted by Gasteiger charge is 2.20. The zero-order valence-corrected chi connectivity index (χ0v) is 12.5. The molecule has 1 aromatic rings. The molecule has 2 nitrogen and oxygen atoms in total. The largest absolute Gasteiger partial charge is 0.507 e. The standard InChI is InChI=1S/C14H18O2.C3H8/c1-9-4-3-5-11(6-9)14-12(15)7-10(2)8-13(14)16;1-3-2/h6-8,11,15-16H,3-5H2,1-2H3;3H2,1-2H3. The molecule has 106 valence electrons. The fraction of sp³-hybridized carbons (Fsp3) is 0.529. The number of allylic oxidation sites excluding steroid dienone is 2. The summed E-state index contributed by atoms with van der Waals surface area (Å²) in [4.78, 5) is 0. The molecule has 2 rings (SSSR count). The number of aryl methyl sites for hydroxylation is 1. The van der Waals surface area contributed by atoms with Crippen molar-refractivity contribution in [2.75, 3.05) is 0 Å². The van der Waals surface area contributed by atoms with Gasteiger partial charge in [0.15, 0.2) is 0 Å². The van der Waals surface area contributed by atoms with E-state index >= 15 is 0 Å². The highest BCUT2D eigenvalue weighted by molar-refractivity contribution is 5.50. The summed E-state index contributed by atoms with van der Waals surface area (Å²) in [7, 11) is 0. The molecule has 0 fully saturated rings. The van der Waals surface area contributed by atoms with Crippen LogP contribution in [0.4, 0.5) is 0 Å². The molecular formula is C17H26O2. The van der Waals surface area contributed by atoms with Crippen LogP contribution >= 0.6 is 0 Å². The highest BCUT2D eigenvalue weighted by Crippen LogP contribution is 2.41. The normalized spacial score (nSPS) is 18.3. The zero-order chi connectivity index (χ0) is 14.4. The second kappa shape index (κ2) is 7.22. The molecule has 1 atom stereocenters. The lowest BCUT2D eigenvalue weighted by Crippen LogP contribution is -2.03. The van der Waals surface area contributed by atoms with E-state index in [9.17, 15) is 10.2 Å². The summed E-state index contributed by atoms with van der Waals surface area (Å²) in [5.41, 5.74) is 2.91. The molecule has 0 radical (unpaired) electrons. The number of hydrogen-bond acceptors (Lipinski definition) is 2. The van der Waals surface area contributed by atoms with Gasteiger partial charge in [0.05, 0.1) is 0 Å². The third-order valence-corrected chi connectivity index (χ3v) is 3.22. The van der Waals surface area contributed by atoms with E-state index in [4.69, 9.17) is 0 Å². The summed E-state index contributed by atoms with van der Waals surface area (Å²) >= 11 is 0. The monoisotopic (exact) mass is 262 g/mol. The van der Waals surface area contributed by atoms with Crippen LogP contribution in [0.3, 0.4) is 0 Å². The molecule has 0 saturated heterocycles. The van der Waals surface area contributed by atoms with Gasteiger partial charge in [0.1, 0.15) is 11.5 Å². The average molecular weight is 262 g/mol. The van der Waals surface area contributed by atoms with Gasteiger partial charge in [-0.25, -0.2) is 0 Å². The number of benzene rings is 1. The van der Waals surface area contributed by atoms with Crippen LogP contribution in [-0.2, 0) is 0 Å². The van der Waals surface area contributed by atoms with Gasteiger partial charge in [-0.2, -0.15) is 0 Å². The average Bonchev–Trinajstić information content (AvgIpc) is 2.28. The molecule has 2 heteroatoms. The van der Waals surface area contributed by atoms with E-state index in [0.29, 0.717) is 5.56 Å². The van der Waals surface area contributed by atoms with E-state index in [2.05, 4.69) is 26.8 Å². The molecule has 1 aromatic carbocycles. The van der Waals surface area contributed by atoms with E-state index in [0.717, 1.165) is 24.8 Å². The minimum absolute atomic E-state index is 0.161. The van der Waals surface area contributed by atoms with Crippen molar-refractivity contribution >= 4 is 0 Å². The van der Waals surface area contributed by atoms with Crippen molar-refractivity contribution in [1.82, 2.24) is 0 Å². The minimum atomic E-state index is 0.161. The maximum atomic E-state index is 9.92. The quantitative estimate of drug-likeness (QED) is 0.696. The number of rotatable bonds is 1. The summed E-state index contributed by atoms with van der Waals surface area (Å²) in [6.07, 6.45) is 6.67. The summed E-state index contributed by atoms with van der Waals surface area (Å²) in [6.45, 7) is 8.22. The maximum absolute atomic E-state index is 9.92. The van der Waals surface area contributed by atoms with Crippen molar-refractivity contribution in [3.63, 3.8) is 0 Å². The predicted molar refractivity (Wildman–Crippen MR) is 80.8 cm³/mol. The van der Waals surface area contributed by atoms with Crippen LogP contribution in [0, 0.1) is 6.92 Å². The Morgan fingerprint density at radius 2 is 1.63 bits per heavy atom. The lowest BCUT2D eigenvalue weighted by molar-refractivity contribution is 0.428. The molecule has 0 amide bonds. The fourth-order valence-corrected chi connectivity index (χ4v) is 2.48. The van der Waals surface area contributed by atoms with E-state index in [1.807, 2.05) is 6.92 Å². The van der Waals surface area contributed by atoms with Crippen LogP contribution < -0.4 is 0 Å². The van der Waals surface area contributed by atoms with E-state index < -0.39 is 0 Å². The fourth-order valence-electron chi connectivity index (χ4n) is 2.48. The highest BCUT2D eigenvalue weighted by atomic mass is 16.3. The summed E-state index contributed by atoms with van der Waals surface area (Å²) in [6, 6.07) is 3.43. The molecule has 0 spiro atoms. The first-order valence-electron chi connectivity index (χ1n) is 7.19. The second-order valence-corrected chi connectivity index (χ2v) is 5.44. The molecule has 0 bridgehead atoms. The Labute approximate surface area is 116 Å². The molecule has 19 heavy (non-hydrogen) atoms. The molecule has 1 aliphatic carbocycles. The van der Waals surface area contributed by atoms with Crippen LogP contribution in [0.15, 0.2) is 23.8 Å². The Kier molecular flexibility index (Phi) is 5.94. The Balaban J connectivity index is 0.000000550. The van der Waals surface area contributed by atoms with Crippen molar-refractivity contribution in [3.05, 3.63) is 34.9 Å². The van der Waals surface area contributed by atoms with Crippen LogP contribution in [0.25, 0.3) is 0 Å². The van der Waals surface area contributed by atoms with E-state index in [1.165, 1.54) is 12.0 Å². The Bertz CT molecular complexity index is 424. The first-order chi connectivity index (χ1) is 8.99. The Morgan fingerprint density at radius 1 is 1.11 bits per heavy atom. The van der Waals surface area contributed by atoms with Crippen LogP contribution in [-0.4, -0.2) is 10.2 Å². The first kappa shape index (κ1) is 15.6. The van der Waals surface area contributed by atoms with Crippen molar-refractivity contribution in [3.8, 4) is 11.5 Å². The van der Waals surface area contributed by atoms with Gasteiger partial charge >= 0.3 is 0 Å². The predicted octanol–water partition coefficient (Wildman–Crippen LogP) is 5.04. The molecule has 0 aromatic heterocycles. The van der Waals surface area contributed by atoms with E-state index in [1.54, 1.807) is 12.1 Å². The number of phenols is 2. The Hall–Kier alpha value is -1.44. The van der Waals surface area contributed by atoms with Gasteiger partial charge in [-0.05, 0) is 50.8 Å². The zero-order valence-electron chi connectivity index (χ0n) is 12.5. The first-order valence-corrected chi connectivity index (χ1v) is 7.19. The molecule has 1 aliphatic rings. The second-order valence-electron chi connectivity index (χ2n) is 5.44. The number of hydrogen-bond donors (Lipinski definition) is 2. The molecular weight excluding hydrogens is 236 g/mol. The van der Waals surface area contributed by atoms with Crippen LogP contribution in [0.2, 0.25) is 0 Å². The van der Waals surface area contributed by atoms with Crippen LogP contribution in [0.1, 0.15) is 63.5 Å². The molecule has 2 N–H and O–H groups in total. The van der Waals surface area contributed by atoms with Gasteiger partial charge in [-0.3, -0.25) is 0 Å². The van der Waals surface area contributed by atoms with Crippen molar-refractivity contribution in [2.24, 2.45) is 0 Å². The van der Waals surface area contributed by atoms with Gasteiger partial charge in [0.2, 0.25) is 0 Å². The van der Waals surface area contributed by atoms with Gasteiger partial charge in [0, 0.05) is 11.5 Å². The van der Waals surface area contributed by atoms with Crippen molar-refractivity contribution in [2.45, 2.75) is 59.3 Å². The summed E-state index contributed by atoms with van der Waals surface area (Å²) < 4.78 is 0. The number of phenolic OH excluding ortho intramolecular Hbond substituents is 2. The third kappa shape index (κ3) is 4.30. The van der Waals surface area contributed by atoms with E-state index in [-0.39, 0.29) is 17.4 Å². The molecule has 1 unspecified atom stereocenters. The molecule has 0 saturated carbocycles. The summed E-state index contributed by atoms with van der Waals surface area (Å²) in [5, 5.41) is 19.8. The lowest BCUT2D eigenvalue weighted by Gasteiger charge is -2.21. The lowest BCUT2D eigenvalue weighted by atomic mass is 9.85. The smallest absolute Gasteiger partial charge is 0.123 e. The maximum Gasteiger partial charge on any atom is 0.123 e. The molecule has 0 aliphatic heterocycles. The van der Waals surface area contributed by atoms with Gasteiger partial charge in [0.25, 0.3) is 0 Å².